The molecule has 0 aromatic rings. The molecule has 110 heavy (non-hydrogen) atoms. The highest BCUT2D eigenvalue weighted by molar-refractivity contribution is 5.84. The number of hydrogen-bond acceptors (Lipinski definition) is 19. The minimum atomic E-state index is -2.79. The minimum absolute atomic E-state index is 0.0529. The number of nitrogens with two attached hydrogens (primary N) is 1. The number of nitrogens with one attached hydrogen (secondary N) is 3. The zero-order valence-electron chi connectivity index (χ0n) is 67.1. The van der Waals surface area contributed by atoms with Crippen molar-refractivity contribution < 1.29 is 86.3 Å². The summed E-state index contributed by atoms with van der Waals surface area (Å²) in [5.41, 5.74) is 7.40. The number of nitrogens with zero attached hydrogens (tertiary/aromatic N) is 14. The van der Waals surface area contributed by atoms with Crippen LogP contribution < -0.4 is 21.8 Å². The van der Waals surface area contributed by atoms with Crippen LogP contribution in [0.4, 0.5) is 52.7 Å². The Labute approximate surface area is 643 Å². The minimum Gasteiger partial charge on any atom is -0.368 e. The third-order valence-electron chi connectivity index (χ3n) is 24.2. The van der Waals surface area contributed by atoms with Crippen LogP contribution in [0.2, 0.25) is 0 Å². The highest BCUT2D eigenvalue weighted by Gasteiger charge is 2.56. The number of alkyl halides is 12. The molecule has 0 aromatic heterocycles. The van der Waals surface area contributed by atoms with E-state index in [-0.39, 0.29) is 125 Å². The van der Waals surface area contributed by atoms with Crippen molar-refractivity contribution in [3.8, 4) is 0 Å². The first-order chi connectivity index (χ1) is 51.3. The maximum absolute atomic E-state index is 13.7. The summed E-state index contributed by atoms with van der Waals surface area (Å²) in [7, 11) is 23.0. The first kappa shape index (κ1) is 92.6. The van der Waals surface area contributed by atoms with Gasteiger partial charge in [0.2, 0.25) is 29.5 Å². The Balaban J connectivity index is 0.000000184. The number of halogens is 12. The summed E-state index contributed by atoms with van der Waals surface area (Å²) in [6, 6.07) is -3.67. The molecule has 6 amide bonds. The Morgan fingerprint density at radius 3 is 0.673 bits per heavy atom. The lowest BCUT2D eigenvalue weighted by Gasteiger charge is -2.37. The normalized spacial score (nSPS) is 30.3. The van der Waals surface area contributed by atoms with Crippen LogP contribution in [0.1, 0.15) is 116 Å². The topological polar surface area (TPSA) is 219 Å². The third kappa shape index (κ3) is 26.5. The van der Waals surface area contributed by atoms with Crippen LogP contribution in [-0.4, -0.2) is 422 Å². The van der Waals surface area contributed by atoms with Crippen LogP contribution in [0, 0.1) is 0 Å². The van der Waals surface area contributed by atoms with E-state index in [0.717, 1.165) is 156 Å². The smallest absolute Gasteiger partial charge is 0.262 e. The molecule has 636 valence electrons. The summed E-state index contributed by atoms with van der Waals surface area (Å²) >= 11 is 0. The Morgan fingerprint density at radius 2 is 0.491 bits per heavy atom. The number of hydrogen-bond donors (Lipinski definition) is 4. The van der Waals surface area contributed by atoms with Crippen molar-refractivity contribution in [1.82, 2.24) is 84.7 Å². The van der Waals surface area contributed by atoms with E-state index in [9.17, 15) is 81.5 Å². The largest absolute Gasteiger partial charge is 0.368 e. The monoisotopic (exact) mass is 1600 g/mol. The van der Waals surface area contributed by atoms with E-state index in [0.29, 0.717) is 0 Å². The third-order valence-corrected chi connectivity index (χ3v) is 24.2. The van der Waals surface area contributed by atoms with Gasteiger partial charge in [0, 0.05) is 117 Å². The Hall–Kier alpha value is -4.54. The van der Waals surface area contributed by atoms with Gasteiger partial charge < -0.3 is 55.6 Å². The SMILES string of the molecule is CN1CCC(N2CC(F)(F)C[C@@H]2C(=O)N(C)C)CC1.CN1CCC(N2CC(F)(F)C[C@@H]2C(N)=O)CC1.CN1CCC(N2CC(F)(F)C[C@H]2C(=O)N(C)C)CC1.CNC(=O)[C@@H]1CC(F)(F)CN1C1CCN(C)CC1.CNC(=O)[C@H]1CC(F)(F)CN1C1CCN(C)CC1.CONC(=O)[C@H]1CC(F)(F)CN1C1CCN(C)CC1. The molecule has 0 aromatic carbocycles. The Morgan fingerprint density at radius 1 is 0.318 bits per heavy atom. The molecule has 0 unspecified atom stereocenters. The lowest BCUT2D eigenvalue weighted by Crippen LogP contribution is -2.50. The van der Waals surface area contributed by atoms with Gasteiger partial charge in [0.1, 0.15) is 0 Å². The molecule has 5 N–H and O–H groups in total. The molecule has 12 aliphatic rings. The summed E-state index contributed by atoms with van der Waals surface area (Å²) in [5, 5.41) is 5.00. The van der Waals surface area contributed by atoms with Crippen LogP contribution in [0.25, 0.3) is 0 Å². The zero-order chi connectivity index (χ0) is 81.8. The number of likely N-dealkylation sites (N-methyl/N-ethyl adjacent to an activating group) is 4. The van der Waals surface area contributed by atoms with E-state index in [1.165, 1.54) is 31.0 Å². The maximum Gasteiger partial charge on any atom is 0.262 e. The van der Waals surface area contributed by atoms with Gasteiger partial charge in [0.25, 0.3) is 41.4 Å². The summed E-state index contributed by atoms with van der Waals surface area (Å²) < 4.78 is 163. The Bertz CT molecular complexity index is 2800. The van der Waals surface area contributed by atoms with Gasteiger partial charge in [-0.05, 0) is 198 Å². The highest BCUT2D eigenvalue weighted by atomic mass is 19.3. The first-order valence-electron chi connectivity index (χ1n) is 39.2. The van der Waals surface area contributed by atoms with E-state index >= 15 is 0 Å². The van der Waals surface area contributed by atoms with Crippen molar-refractivity contribution >= 4 is 35.4 Å². The quantitative estimate of drug-likeness (QED) is 0.153. The van der Waals surface area contributed by atoms with Gasteiger partial charge in [0.05, 0.1) is 82.6 Å². The predicted molar refractivity (Wildman–Crippen MR) is 393 cm³/mol. The number of hydroxylamine groups is 1. The fraction of sp³-hybridized carbons (Fsp3) is 0.918. The standard InChI is InChI=1S/2C13H23F2N3O.C12H21F2N3O2.2C12H21F2N3O.C11H19F2N3O/c2*1-16(2)12(19)11-8-13(14,15)9-18(11)10-4-6-17(3)7-5-10;1-16-5-3-9(4-6-16)17-8-12(13,14)7-10(17)11(18)15-19-2;2*1-15-11(18)10-7-12(13,14)8-17(10)9-3-5-16(2)6-4-9;1-15-4-2-8(3-5-15)16-7-11(12,13)6-9(16)10(14)17/h2*10-11H,4-9H2,1-3H3;9-10H,3-8H2,1-2H3,(H,15,18);2*9-10H,3-8H2,1-2H3,(H,15,18);8-9H,2-7H2,1H3,(H2,14,17)/t2*11-;3*10-;9-/m101101/s1. The molecule has 0 radical (unpaired) electrons. The molecule has 37 heteroatoms. The molecule has 12 fully saturated rings. The molecule has 0 aliphatic carbocycles. The van der Waals surface area contributed by atoms with Crippen molar-refractivity contribution in [2.24, 2.45) is 5.73 Å². The Kier molecular flexibility index (Phi) is 33.6. The number of primary amides is 1. The van der Waals surface area contributed by atoms with Crippen LogP contribution in [0.15, 0.2) is 0 Å². The molecule has 12 heterocycles. The molecular formula is C73H128F12N18O7. The van der Waals surface area contributed by atoms with Crippen molar-refractivity contribution in [2.75, 3.05) is 209 Å². The second-order valence-corrected chi connectivity index (χ2v) is 33.5. The van der Waals surface area contributed by atoms with Crippen LogP contribution in [0.3, 0.4) is 0 Å². The average Bonchev–Trinajstić information content (AvgIpc) is 1.65. The summed E-state index contributed by atoms with van der Waals surface area (Å²) in [4.78, 5) is 101. The van der Waals surface area contributed by atoms with E-state index < -0.39 is 96.4 Å². The first-order valence-corrected chi connectivity index (χ1v) is 39.2. The van der Waals surface area contributed by atoms with Gasteiger partial charge in [-0.3, -0.25) is 63.0 Å². The molecular weight excluding hydrogens is 1470 g/mol. The maximum atomic E-state index is 13.7. The van der Waals surface area contributed by atoms with Gasteiger partial charge in [-0.25, -0.2) is 58.2 Å². The van der Waals surface area contributed by atoms with Gasteiger partial charge in [-0.2, -0.15) is 0 Å². The summed E-state index contributed by atoms with van der Waals surface area (Å²) in [5.74, 6) is -18.6. The van der Waals surface area contributed by atoms with E-state index in [4.69, 9.17) is 5.73 Å². The van der Waals surface area contributed by atoms with Gasteiger partial charge in [-0.15, -0.1) is 0 Å². The van der Waals surface area contributed by atoms with Crippen LogP contribution >= 0.6 is 0 Å². The average molecular weight is 1600 g/mol. The van der Waals surface area contributed by atoms with E-state index in [1.54, 1.807) is 57.6 Å². The van der Waals surface area contributed by atoms with Crippen molar-refractivity contribution in [3.63, 3.8) is 0 Å². The number of likely N-dealkylation sites (tertiary alicyclic amines) is 12. The van der Waals surface area contributed by atoms with Gasteiger partial charge in [0.15, 0.2) is 0 Å². The van der Waals surface area contributed by atoms with Gasteiger partial charge >= 0.3 is 0 Å². The number of rotatable bonds is 13. The second-order valence-electron chi connectivity index (χ2n) is 33.5. The molecule has 0 bridgehead atoms. The van der Waals surface area contributed by atoms with E-state index in [2.05, 4.69) is 50.4 Å². The molecule has 25 nitrogen and oxygen atoms in total. The number of amides is 6. The van der Waals surface area contributed by atoms with Crippen molar-refractivity contribution in [1.29, 1.82) is 0 Å². The molecule has 12 saturated heterocycles. The van der Waals surface area contributed by atoms with E-state index in [1.807, 2.05) is 42.3 Å². The highest BCUT2D eigenvalue weighted by Crippen LogP contribution is 2.42. The second kappa shape index (κ2) is 39.9. The van der Waals surface area contributed by atoms with Crippen LogP contribution in [-0.2, 0) is 33.6 Å². The fourth-order valence-corrected chi connectivity index (χ4v) is 17.9. The number of carbonyl (C=O) groups is 6. The lowest BCUT2D eigenvalue weighted by molar-refractivity contribution is -0.137. The summed E-state index contributed by atoms with van der Waals surface area (Å²) in [6.45, 7) is 9.07. The van der Waals surface area contributed by atoms with Crippen LogP contribution in [0.5, 0.6) is 0 Å². The molecule has 12 aliphatic heterocycles. The molecule has 0 spiro atoms. The zero-order valence-corrected chi connectivity index (χ0v) is 67.1. The number of carbonyl (C=O) groups excluding carboxylic acids is 6. The molecule has 6 atom stereocenters. The van der Waals surface area contributed by atoms with Crippen molar-refractivity contribution in [3.05, 3.63) is 0 Å². The number of piperidine rings is 6. The molecule has 0 saturated carbocycles. The predicted octanol–water partition coefficient (Wildman–Crippen LogP) is 3.57. The van der Waals surface area contributed by atoms with Crippen molar-refractivity contribution in [2.45, 2.75) is 224 Å². The fourth-order valence-electron chi connectivity index (χ4n) is 17.9. The molecule has 12 rings (SSSR count). The summed E-state index contributed by atoms with van der Waals surface area (Å²) in [6.07, 6.45) is 7.99. The lowest BCUT2D eigenvalue weighted by atomic mass is 10.0. The van der Waals surface area contributed by atoms with Gasteiger partial charge in [-0.1, -0.05) is 0 Å².